The van der Waals surface area contributed by atoms with E-state index in [1.54, 1.807) is 6.92 Å². The summed E-state index contributed by atoms with van der Waals surface area (Å²) in [4.78, 5) is 11.3. The van der Waals surface area contributed by atoms with E-state index in [0.717, 1.165) is 36.8 Å². The molecule has 0 aliphatic carbocycles. The number of unbranched alkanes of at least 4 members (excludes halogenated alkanes) is 2. The van der Waals surface area contributed by atoms with Crippen LogP contribution in [0.4, 0.5) is 0 Å². The second-order valence-corrected chi connectivity index (χ2v) is 7.69. The summed E-state index contributed by atoms with van der Waals surface area (Å²) in [5, 5.41) is 2.80. The van der Waals surface area contributed by atoms with Crippen molar-refractivity contribution in [3.05, 3.63) is 12.2 Å². The predicted molar refractivity (Wildman–Crippen MR) is 84.5 cm³/mol. The number of hydrogen-bond acceptors (Lipinski definition) is 3. The first-order valence-corrected chi connectivity index (χ1v) is 8.85. The summed E-state index contributed by atoms with van der Waals surface area (Å²) in [6, 6.07) is 0. The van der Waals surface area contributed by atoms with E-state index in [9.17, 15) is 13.2 Å². The summed E-state index contributed by atoms with van der Waals surface area (Å²) < 4.78 is 30.7. The molecular weight excluding hydrogens is 292 g/mol. The molecule has 0 aliphatic rings. The Bertz CT molecular complexity index is 444. The Labute approximate surface area is 128 Å². The number of rotatable bonds is 11. The number of nitrogens with one attached hydrogen (secondary N) is 1. The Morgan fingerprint density at radius 2 is 1.67 bits per heavy atom. The van der Waals surface area contributed by atoms with E-state index in [1.165, 1.54) is 0 Å². The SMILES string of the molecule is C=C(C)C(=O)NCCCC[N+](C)(C)CCCCS(=O)(=O)O. The first-order chi connectivity index (χ1) is 9.53. The lowest BCUT2D eigenvalue weighted by atomic mass is 10.2. The van der Waals surface area contributed by atoms with Gasteiger partial charge in [-0.2, -0.15) is 8.42 Å². The average Bonchev–Trinajstić information content (AvgIpc) is 2.32. The summed E-state index contributed by atoms with van der Waals surface area (Å²) in [5.41, 5.74) is 0.518. The molecule has 0 saturated carbocycles. The highest BCUT2D eigenvalue weighted by Gasteiger charge is 2.15. The first kappa shape index (κ1) is 20.1. The molecule has 0 aromatic carbocycles. The van der Waals surface area contributed by atoms with Gasteiger partial charge in [-0.25, -0.2) is 0 Å². The van der Waals surface area contributed by atoms with Crippen LogP contribution in [0, 0.1) is 0 Å². The van der Waals surface area contributed by atoms with Crippen LogP contribution in [-0.2, 0) is 14.9 Å². The number of amides is 1. The van der Waals surface area contributed by atoms with Gasteiger partial charge in [-0.05, 0) is 32.6 Å². The Balaban J connectivity index is 3.73. The van der Waals surface area contributed by atoms with E-state index in [4.69, 9.17) is 4.55 Å². The van der Waals surface area contributed by atoms with Crippen molar-refractivity contribution in [1.82, 2.24) is 5.32 Å². The minimum atomic E-state index is -3.84. The van der Waals surface area contributed by atoms with E-state index in [1.807, 2.05) is 0 Å². The van der Waals surface area contributed by atoms with Gasteiger partial charge in [0.15, 0.2) is 0 Å². The van der Waals surface area contributed by atoms with E-state index in [-0.39, 0.29) is 11.7 Å². The van der Waals surface area contributed by atoms with E-state index >= 15 is 0 Å². The van der Waals surface area contributed by atoms with Crippen LogP contribution in [0.1, 0.15) is 32.6 Å². The smallest absolute Gasteiger partial charge is 0.264 e. The van der Waals surface area contributed by atoms with Crippen LogP contribution in [0.3, 0.4) is 0 Å². The van der Waals surface area contributed by atoms with Crippen molar-refractivity contribution < 1.29 is 22.2 Å². The molecule has 0 bridgehead atoms. The molecule has 0 rings (SSSR count). The lowest BCUT2D eigenvalue weighted by Crippen LogP contribution is -2.41. The molecule has 0 unspecified atom stereocenters. The molecule has 0 saturated heterocycles. The first-order valence-electron chi connectivity index (χ1n) is 7.24. The molecule has 6 nitrogen and oxygen atoms in total. The molecule has 2 N–H and O–H groups in total. The van der Waals surface area contributed by atoms with Crippen molar-refractivity contribution in [1.29, 1.82) is 0 Å². The minimum Gasteiger partial charge on any atom is -0.352 e. The maximum atomic E-state index is 11.3. The van der Waals surface area contributed by atoms with Gasteiger partial charge in [0.05, 0.1) is 32.9 Å². The lowest BCUT2D eigenvalue weighted by Gasteiger charge is -2.29. The average molecular weight is 321 g/mol. The summed E-state index contributed by atoms with van der Waals surface area (Å²) in [6.45, 7) is 7.74. The van der Waals surface area contributed by atoms with Gasteiger partial charge in [0.2, 0.25) is 5.91 Å². The van der Waals surface area contributed by atoms with Crippen molar-refractivity contribution >= 4 is 16.0 Å². The highest BCUT2D eigenvalue weighted by molar-refractivity contribution is 7.85. The van der Waals surface area contributed by atoms with Crippen molar-refractivity contribution in [2.24, 2.45) is 0 Å². The summed E-state index contributed by atoms with van der Waals surface area (Å²) in [6.07, 6.45) is 3.14. The van der Waals surface area contributed by atoms with Gasteiger partial charge >= 0.3 is 0 Å². The number of carbonyl (C=O) groups excluding carboxylic acids is 1. The molecule has 0 spiro atoms. The normalized spacial score (nSPS) is 12.2. The van der Waals surface area contributed by atoms with Gasteiger partial charge in [0, 0.05) is 12.1 Å². The van der Waals surface area contributed by atoms with Gasteiger partial charge in [-0.3, -0.25) is 9.35 Å². The van der Waals surface area contributed by atoms with Crippen LogP contribution in [-0.4, -0.2) is 62.8 Å². The maximum Gasteiger partial charge on any atom is 0.264 e. The molecule has 0 aliphatic heterocycles. The fourth-order valence-corrected chi connectivity index (χ4v) is 2.52. The van der Waals surface area contributed by atoms with Crippen LogP contribution in [0.25, 0.3) is 0 Å². The second-order valence-electron chi connectivity index (χ2n) is 6.12. The number of hydrogen-bond donors (Lipinski definition) is 2. The summed E-state index contributed by atoms with van der Waals surface area (Å²) in [5.74, 6) is -0.270. The van der Waals surface area contributed by atoms with Crippen molar-refractivity contribution in [3.8, 4) is 0 Å². The highest BCUT2D eigenvalue weighted by Crippen LogP contribution is 2.05. The largest absolute Gasteiger partial charge is 0.352 e. The predicted octanol–water partition coefficient (Wildman–Crippen LogP) is 1.20. The van der Waals surface area contributed by atoms with Gasteiger partial charge in [-0.15, -0.1) is 0 Å². The molecule has 0 fully saturated rings. The quantitative estimate of drug-likeness (QED) is 0.259. The molecule has 0 aromatic heterocycles. The lowest BCUT2D eigenvalue weighted by molar-refractivity contribution is -0.890. The van der Waals surface area contributed by atoms with E-state index in [2.05, 4.69) is 26.0 Å². The maximum absolute atomic E-state index is 11.3. The molecular formula is C14H29N2O4S+. The van der Waals surface area contributed by atoms with Gasteiger partial charge in [0.1, 0.15) is 0 Å². The van der Waals surface area contributed by atoms with Crippen molar-refractivity contribution in [3.63, 3.8) is 0 Å². The molecule has 0 radical (unpaired) electrons. The van der Waals surface area contributed by atoms with Crippen molar-refractivity contribution in [2.45, 2.75) is 32.6 Å². The van der Waals surface area contributed by atoms with E-state index < -0.39 is 10.1 Å². The third kappa shape index (κ3) is 12.5. The molecule has 7 heteroatoms. The topological polar surface area (TPSA) is 83.5 Å². The molecule has 1 amide bonds. The monoisotopic (exact) mass is 321 g/mol. The molecule has 21 heavy (non-hydrogen) atoms. The van der Waals surface area contributed by atoms with Crippen LogP contribution in [0.2, 0.25) is 0 Å². The zero-order valence-corrected chi connectivity index (χ0v) is 14.2. The number of carbonyl (C=O) groups is 1. The molecule has 0 aromatic rings. The number of nitrogens with zero attached hydrogens (tertiary/aromatic N) is 1. The Kier molecular flexibility index (Phi) is 8.77. The van der Waals surface area contributed by atoms with Gasteiger partial charge in [-0.1, -0.05) is 6.58 Å². The summed E-state index contributed by atoms with van der Waals surface area (Å²) >= 11 is 0. The Morgan fingerprint density at radius 1 is 1.14 bits per heavy atom. The van der Waals surface area contributed by atoms with Crippen LogP contribution in [0.5, 0.6) is 0 Å². The summed E-state index contributed by atoms with van der Waals surface area (Å²) in [7, 11) is 0.359. The standard InChI is InChI=1S/C14H28N2O4S/c1-13(2)14(17)15-9-5-6-10-16(3,4)11-7-8-12-21(18,19)20/h1,5-12H2,2-4H3,(H-,15,17,18,19,20)/p+1. The van der Waals surface area contributed by atoms with Gasteiger partial charge in [0.25, 0.3) is 10.1 Å². The molecule has 0 heterocycles. The fourth-order valence-electron chi connectivity index (χ4n) is 1.95. The fraction of sp³-hybridized carbons (Fsp3) is 0.786. The van der Waals surface area contributed by atoms with Crippen LogP contribution >= 0.6 is 0 Å². The van der Waals surface area contributed by atoms with Crippen molar-refractivity contribution in [2.75, 3.05) is 39.5 Å². The Hall–Kier alpha value is -0.920. The zero-order chi connectivity index (χ0) is 16.5. The Morgan fingerprint density at radius 3 is 2.14 bits per heavy atom. The molecule has 124 valence electrons. The van der Waals surface area contributed by atoms with E-state index in [0.29, 0.717) is 18.5 Å². The third-order valence-corrected chi connectivity index (χ3v) is 4.08. The third-order valence-electron chi connectivity index (χ3n) is 3.28. The van der Waals surface area contributed by atoms with Crippen LogP contribution in [0.15, 0.2) is 12.2 Å². The molecule has 0 atom stereocenters. The highest BCUT2D eigenvalue weighted by atomic mass is 32.2. The van der Waals surface area contributed by atoms with Gasteiger partial charge < -0.3 is 9.80 Å². The number of quaternary nitrogens is 1. The second kappa shape index (κ2) is 9.17. The zero-order valence-electron chi connectivity index (χ0n) is 13.4. The minimum absolute atomic E-state index is 0.103. The van der Waals surface area contributed by atoms with Crippen LogP contribution < -0.4 is 5.32 Å².